The lowest BCUT2D eigenvalue weighted by molar-refractivity contribution is -0.115. The largest absolute Gasteiger partial charge is 0.320 e. The van der Waals surface area contributed by atoms with Gasteiger partial charge in [-0.1, -0.05) is 48.0 Å². The van der Waals surface area contributed by atoms with Crippen molar-refractivity contribution >= 4 is 45.6 Å². The number of carbonyl (C=O) groups excluding carboxylic acids is 2. The number of aromatic nitrogens is 1. The summed E-state index contributed by atoms with van der Waals surface area (Å²) in [6.07, 6.45) is 0.254. The van der Waals surface area contributed by atoms with Gasteiger partial charge in [0.05, 0.1) is 6.42 Å². The van der Waals surface area contributed by atoms with Gasteiger partial charge in [-0.2, -0.15) is 0 Å². The van der Waals surface area contributed by atoms with Crippen LogP contribution < -0.4 is 10.6 Å². The fourth-order valence-electron chi connectivity index (χ4n) is 2.31. The third-order valence-corrected chi connectivity index (χ3v) is 4.87. The normalized spacial score (nSPS) is 10.4. The summed E-state index contributed by atoms with van der Waals surface area (Å²) >= 11 is 7.26. The number of hydrogen-bond donors (Lipinski definition) is 2. The summed E-state index contributed by atoms with van der Waals surface area (Å²) in [5, 5.41) is 8.07. The number of nitrogens with one attached hydrogen (secondary N) is 2. The maximum atomic E-state index is 12.3. The summed E-state index contributed by atoms with van der Waals surface area (Å²) in [7, 11) is 0. The van der Waals surface area contributed by atoms with Crippen LogP contribution in [-0.2, 0) is 11.2 Å². The van der Waals surface area contributed by atoms with Crippen molar-refractivity contribution in [2.45, 2.75) is 13.3 Å². The molecule has 2 amide bonds. The number of anilines is 2. The minimum Gasteiger partial charge on any atom is -0.320 e. The molecule has 1 aromatic heterocycles. The zero-order valence-corrected chi connectivity index (χ0v) is 15.5. The van der Waals surface area contributed by atoms with Gasteiger partial charge in [0, 0.05) is 16.1 Å². The number of halogens is 1. The lowest BCUT2D eigenvalue weighted by Crippen LogP contribution is -2.16. The van der Waals surface area contributed by atoms with E-state index >= 15 is 0 Å². The first-order valence-electron chi connectivity index (χ1n) is 7.88. The quantitative estimate of drug-likeness (QED) is 0.677. The molecule has 0 atom stereocenters. The Kier molecular flexibility index (Phi) is 5.65. The second-order valence-electron chi connectivity index (χ2n) is 5.61. The first-order chi connectivity index (χ1) is 12.5. The van der Waals surface area contributed by atoms with Gasteiger partial charge in [-0.05, 0) is 30.2 Å². The molecule has 0 radical (unpaired) electrons. The second kappa shape index (κ2) is 8.12. The van der Waals surface area contributed by atoms with Crippen LogP contribution in [0.1, 0.15) is 21.6 Å². The Hall–Kier alpha value is -2.70. The summed E-state index contributed by atoms with van der Waals surface area (Å²) in [4.78, 5) is 28.6. The van der Waals surface area contributed by atoms with E-state index in [2.05, 4.69) is 15.6 Å². The van der Waals surface area contributed by atoms with Crippen molar-refractivity contribution in [1.82, 2.24) is 4.98 Å². The number of nitrogens with zero attached hydrogens (tertiary/aromatic N) is 1. The van der Waals surface area contributed by atoms with Crippen LogP contribution >= 0.6 is 22.9 Å². The average Bonchev–Trinajstić information content (AvgIpc) is 3.08. The van der Waals surface area contributed by atoms with E-state index in [9.17, 15) is 9.59 Å². The molecule has 132 valence electrons. The maximum absolute atomic E-state index is 12.3. The minimum atomic E-state index is -0.352. The van der Waals surface area contributed by atoms with Crippen LogP contribution in [0, 0.1) is 6.92 Å². The monoisotopic (exact) mass is 385 g/mol. The second-order valence-corrected chi connectivity index (χ2v) is 6.88. The van der Waals surface area contributed by atoms with Gasteiger partial charge in [0.25, 0.3) is 5.91 Å². The first-order valence-corrected chi connectivity index (χ1v) is 9.14. The Bertz CT molecular complexity index is 941. The topological polar surface area (TPSA) is 71.1 Å². The van der Waals surface area contributed by atoms with Crippen molar-refractivity contribution in [1.29, 1.82) is 0 Å². The smallest absolute Gasteiger partial charge is 0.275 e. The number of benzene rings is 2. The van der Waals surface area contributed by atoms with E-state index in [0.29, 0.717) is 15.8 Å². The zero-order valence-electron chi connectivity index (χ0n) is 14.0. The van der Waals surface area contributed by atoms with E-state index in [0.717, 1.165) is 11.1 Å². The van der Waals surface area contributed by atoms with Crippen molar-refractivity contribution in [3.63, 3.8) is 0 Å². The molecular formula is C19H16ClN3O2S. The molecule has 0 fully saturated rings. The third kappa shape index (κ3) is 4.47. The highest BCUT2D eigenvalue weighted by Gasteiger charge is 2.14. The Labute approximate surface area is 160 Å². The average molecular weight is 386 g/mol. The molecule has 2 aromatic carbocycles. The third-order valence-electron chi connectivity index (χ3n) is 3.71. The molecule has 5 nitrogen and oxygen atoms in total. The molecule has 0 saturated carbocycles. The SMILES string of the molecule is Cc1c(Cl)cccc1NC(=O)c1csc(NC(=O)Cc2ccccc2)n1. The molecule has 0 aliphatic carbocycles. The number of rotatable bonds is 5. The van der Waals surface area contributed by atoms with Crippen molar-refractivity contribution in [2.75, 3.05) is 10.6 Å². The number of thiazole rings is 1. The fourth-order valence-corrected chi connectivity index (χ4v) is 3.19. The predicted octanol–water partition coefficient (Wildman–Crippen LogP) is 4.54. The maximum Gasteiger partial charge on any atom is 0.275 e. The molecule has 1 heterocycles. The van der Waals surface area contributed by atoms with Crippen molar-refractivity contribution in [3.05, 3.63) is 75.8 Å². The van der Waals surface area contributed by atoms with Crippen molar-refractivity contribution < 1.29 is 9.59 Å². The highest BCUT2D eigenvalue weighted by molar-refractivity contribution is 7.14. The molecule has 0 aliphatic rings. The fraction of sp³-hybridized carbons (Fsp3) is 0.105. The van der Waals surface area contributed by atoms with Crippen LogP contribution in [0.3, 0.4) is 0 Å². The van der Waals surface area contributed by atoms with Crippen molar-refractivity contribution in [2.24, 2.45) is 0 Å². The van der Waals surface area contributed by atoms with Crippen LogP contribution in [0.4, 0.5) is 10.8 Å². The molecule has 0 aliphatic heterocycles. The van der Waals surface area contributed by atoms with Crippen LogP contribution in [0.2, 0.25) is 5.02 Å². The predicted molar refractivity (Wildman–Crippen MR) is 105 cm³/mol. The highest BCUT2D eigenvalue weighted by atomic mass is 35.5. The van der Waals surface area contributed by atoms with Crippen LogP contribution in [0.5, 0.6) is 0 Å². The van der Waals surface area contributed by atoms with Gasteiger partial charge in [-0.15, -0.1) is 11.3 Å². The van der Waals surface area contributed by atoms with Gasteiger partial charge >= 0.3 is 0 Å². The van der Waals surface area contributed by atoms with Gasteiger partial charge < -0.3 is 10.6 Å². The van der Waals surface area contributed by atoms with Crippen LogP contribution in [0.15, 0.2) is 53.9 Å². The summed E-state index contributed by atoms with van der Waals surface area (Å²) in [5.41, 5.74) is 2.57. The lowest BCUT2D eigenvalue weighted by Gasteiger charge is -2.08. The Balaban J connectivity index is 1.63. The Morgan fingerprint density at radius 3 is 2.62 bits per heavy atom. The molecule has 3 aromatic rings. The van der Waals surface area contributed by atoms with Gasteiger partial charge in [-0.25, -0.2) is 4.98 Å². The van der Waals surface area contributed by atoms with E-state index in [4.69, 9.17) is 11.6 Å². The van der Waals surface area contributed by atoms with E-state index in [-0.39, 0.29) is 23.9 Å². The van der Waals surface area contributed by atoms with Crippen LogP contribution in [0.25, 0.3) is 0 Å². The zero-order chi connectivity index (χ0) is 18.5. The molecule has 3 rings (SSSR count). The van der Waals surface area contributed by atoms with Gasteiger partial charge in [0.1, 0.15) is 5.69 Å². The number of hydrogen-bond acceptors (Lipinski definition) is 4. The molecule has 26 heavy (non-hydrogen) atoms. The molecule has 0 saturated heterocycles. The van der Waals surface area contributed by atoms with E-state index in [1.165, 1.54) is 11.3 Å². The highest BCUT2D eigenvalue weighted by Crippen LogP contribution is 2.24. The van der Waals surface area contributed by atoms with E-state index in [1.807, 2.05) is 37.3 Å². The molecule has 0 spiro atoms. The van der Waals surface area contributed by atoms with Gasteiger partial charge in [0.2, 0.25) is 5.91 Å². The lowest BCUT2D eigenvalue weighted by atomic mass is 10.1. The minimum absolute atomic E-state index is 0.178. The van der Waals surface area contributed by atoms with E-state index in [1.54, 1.807) is 23.6 Å². The van der Waals surface area contributed by atoms with Gasteiger partial charge in [0.15, 0.2) is 5.13 Å². The summed E-state index contributed by atoms with van der Waals surface area (Å²) in [5.74, 6) is -0.529. The summed E-state index contributed by atoms with van der Waals surface area (Å²) in [6, 6.07) is 14.7. The number of amides is 2. The first kappa shape index (κ1) is 18.1. The van der Waals surface area contributed by atoms with Crippen LogP contribution in [-0.4, -0.2) is 16.8 Å². The molecule has 0 bridgehead atoms. The van der Waals surface area contributed by atoms with E-state index < -0.39 is 0 Å². The Morgan fingerprint density at radius 1 is 1.08 bits per heavy atom. The molecule has 7 heteroatoms. The summed E-state index contributed by atoms with van der Waals surface area (Å²) < 4.78 is 0. The standard InChI is InChI=1S/C19H16ClN3O2S/c1-12-14(20)8-5-9-15(12)21-18(25)16-11-26-19(22-16)23-17(24)10-13-6-3-2-4-7-13/h2-9,11H,10H2,1H3,(H,21,25)(H,22,23,24). The summed E-state index contributed by atoms with van der Waals surface area (Å²) in [6.45, 7) is 1.83. The number of carbonyl (C=O) groups is 2. The Morgan fingerprint density at radius 2 is 1.85 bits per heavy atom. The molecular weight excluding hydrogens is 370 g/mol. The molecule has 2 N–H and O–H groups in total. The van der Waals surface area contributed by atoms with Gasteiger partial charge in [-0.3, -0.25) is 9.59 Å². The molecule has 0 unspecified atom stereocenters. The van der Waals surface area contributed by atoms with Crippen molar-refractivity contribution in [3.8, 4) is 0 Å².